The summed E-state index contributed by atoms with van der Waals surface area (Å²) in [6, 6.07) is 4.93. The van der Waals surface area contributed by atoms with Crippen LogP contribution in [0.1, 0.15) is 5.56 Å². The summed E-state index contributed by atoms with van der Waals surface area (Å²) in [4.78, 5) is 12.0. The Labute approximate surface area is 123 Å². The van der Waals surface area contributed by atoms with Gasteiger partial charge in [0, 0.05) is 10.0 Å². The summed E-state index contributed by atoms with van der Waals surface area (Å²) in [6.07, 6.45) is -0.612. The van der Waals surface area contributed by atoms with Gasteiger partial charge in [0.1, 0.15) is 0 Å². The number of amidine groups is 1. The number of benzene rings is 1. The van der Waals surface area contributed by atoms with Crippen molar-refractivity contribution in [2.75, 3.05) is 25.1 Å². The van der Waals surface area contributed by atoms with Gasteiger partial charge in [-0.05, 0) is 34.1 Å². The number of hydrogen-bond acceptors (Lipinski definition) is 5. The quantitative estimate of drug-likeness (QED) is 0.327. The molecule has 1 aromatic carbocycles. The van der Waals surface area contributed by atoms with Crippen molar-refractivity contribution in [2.45, 2.75) is 6.10 Å². The molecule has 0 bridgehead atoms. The fraction of sp³-hybridized carbons (Fsp3) is 0.333. The zero-order chi connectivity index (χ0) is 14.5. The zero-order valence-electron chi connectivity index (χ0n) is 10.5. The second kappa shape index (κ2) is 6.69. The standard InChI is InChI=1S/C12H14BrN3O4/c13-8-5-7(11(14)16-18)1-2-9(8)15-12(17)10-6-19-3-4-20-10/h1-2,5,10,18H,3-4,6H2,(H2,14,16)(H,15,17). The van der Waals surface area contributed by atoms with Gasteiger partial charge in [-0.15, -0.1) is 0 Å². The average Bonchev–Trinajstić information content (AvgIpc) is 2.49. The number of nitrogens with zero attached hydrogens (tertiary/aromatic N) is 1. The molecule has 1 amide bonds. The Kier molecular flexibility index (Phi) is 4.94. The van der Waals surface area contributed by atoms with E-state index in [1.807, 2.05) is 0 Å². The maximum atomic E-state index is 12.0. The monoisotopic (exact) mass is 343 g/mol. The number of nitrogens with two attached hydrogens (primary N) is 1. The van der Waals surface area contributed by atoms with Crippen LogP contribution in [0.25, 0.3) is 0 Å². The molecule has 0 aliphatic carbocycles. The Morgan fingerprint density at radius 3 is 2.90 bits per heavy atom. The molecule has 0 saturated carbocycles. The highest BCUT2D eigenvalue weighted by atomic mass is 79.9. The van der Waals surface area contributed by atoms with Gasteiger partial charge >= 0.3 is 0 Å². The normalized spacial score (nSPS) is 19.6. The van der Waals surface area contributed by atoms with Gasteiger partial charge in [-0.2, -0.15) is 0 Å². The number of rotatable bonds is 3. The Morgan fingerprint density at radius 1 is 1.50 bits per heavy atom. The van der Waals surface area contributed by atoms with Crippen LogP contribution in [0.15, 0.2) is 27.8 Å². The molecule has 108 valence electrons. The molecule has 1 saturated heterocycles. The lowest BCUT2D eigenvalue weighted by Gasteiger charge is -2.22. The van der Waals surface area contributed by atoms with Gasteiger partial charge in [0.2, 0.25) is 0 Å². The van der Waals surface area contributed by atoms with Gasteiger partial charge in [-0.25, -0.2) is 0 Å². The number of anilines is 1. The van der Waals surface area contributed by atoms with E-state index in [9.17, 15) is 4.79 Å². The topological polar surface area (TPSA) is 106 Å². The second-order valence-electron chi connectivity index (χ2n) is 4.10. The number of ether oxygens (including phenoxy) is 2. The lowest BCUT2D eigenvalue weighted by molar-refractivity contribution is -0.142. The molecule has 0 spiro atoms. The summed E-state index contributed by atoms with van der Waals surface area (Å²) in [5.74, 6) is -0.283. The molecule has 0 radical (unpaired) electrons. The van der Waals surface area contributed by atoms with Crippen molar-refractivity contribution in [3.05, 3.63) is 28.2 Å². The van der Waals surface area contributed by atoms with E-state index < -0.39 is 6.10 Å². The molecule has 1 aliphatic rings. The first-order valence-electron chi connectivity index (χ1n) is 5.89. The number of hydrogen-bond donors (Lipinski definition) is 3. The highest BCUT2D eigenvalue weighted by Gasteiger charge is 2.23. The van der Waals surface area contributed by atoms with E-state index in [2.05, 4.69) is 26.4 Å². The molecule has 4 N–H and O–H groups in total. The van der Waals surface area contributed by atoms with E-state index in [0.717, 1.165) is 0 Å². The average molecular weight is 344 g/mol. The molecule has 20 heavy (non-hydrogen) atoms. The smallest absolute Gasteiger partial charge is 0.255 e. The van der Waals surface area contributed by atoms with E-state index in [-0.39, 0.29) is 18.3 Å². The van der Waals surface area contributed by atoms with Gasteiger partial charge in [0.25, 0.3) is 5.91 Å². The predicted octanol–water partition coefficient (Wildman–Crippen LogP) is 0.897. The summed E-state index contributed by atoms with van der Waals surface area (Å²) in [5.41, 5.74) is 6.59. The minimum Gasteiger partial charge on any atom is -0.409 e. The van der Waals surface area contributed by atoms with Crippen LogP contribution in [0.3, 0.4) is 0 Å². The molecule has 7 nitrogen and oxygen atoms in total. The first-order chi connectivity index (χ1) is 9.61. The van der Waals surface area contributed by atoms with Crippen molar-refractivity contribution in [2.24, 2.45) is 10.9 Å². The Morgan fingerprint density at radius 2 is 2.30 bits per heavy atom. The molecule has 1 fully saturated rings. The highest BCUT2D eigenvalue weighted by molar-refractivity contribution is 9.10. The van der Waals surface area contributed by atoms with E-state index in [1.165, 1.54) is 0 Å². The molecular weight excluding hydrogens is 330 g/mol. The summed E-state index contributed by atoms with van der Waals surface area (Å²) >= 11 is 3.32. The van der Waals surface area contributed by atoms with Crippen LogP contribution in [0.4, 0.5) is 5.69 Å². The molecule has 1 unspecified atom stereocenters. The first kappa shape index (κ1) is 14.8. The largest absolute Gasteiger partial charge is 0.409 e. The fourth-order valence-electron chi connectivity index (χ4n) is 1.69. The van der Waals surface area contributed by atoms with Crippen molar-refractivity contribution in [3.63, 3.8) is 0 Å². The van der Waals surface area contributed by atoms with Gasteiger partial charge in [-0.3, -0.25) is 4.79 Å². The third kappa shape index (κ3) is 3.47. The fourth-order valence-corrected chi connectivity index (χ4v) is 2.16. The van der Waals surface area contributed by atoms with Crippen LogP contribution >= 0.6 is 15.9 Å². The molecule has 0 aromatic heterocycles. The van der Waals surface area contributed by atoms with E-state index in [1.54, 1.807) is 18.2 Å². The molecular formula is C12H14BrN3O4. The van der Waals surface area contributed by atoms with Crippen molar-refractivity contribution in [1.82, 2.24) is 0 Å². The summed E-state index contributed by atoms with van der Waals surface area (Å²) in [5, 5.41) is 14.3. The molecule has 1 heterocycles. The third-order valence-electron chi connectivity index (χ3n) is 2.74. The van der Waals surface area contributed by atoms with Crippen molar-refractivity contribution < 1.29 is 19.5 Å². The molecule has 8 heteroatoms. The number of carbonyl (C=O) groups is 1. The van der Waals surface area contributed by atoms with Crippen molar-refractivity contribution in [3.8, 4) is 0 Å². The SMILES string of the molecule is N/C(=N/O)c1ccc(NC(=O)C2COCCO2)c(Br)c1. The number of amides is 1. The van der Waals surface area contributed by atoms with E-state index in [4.69, 9.17) is 20.4 Å². The number of halogens is 1. The molecule has 2 rings (SSSR count). The van der Waals surface area contributed by atoms with Crippen molar-refractivity contribution in [1.29, 1.82) is 0 Å². The molecule has 1 atom stereocenters. The van der Waals surface area contributed by atoms with Crippen LogP contribution in [0.2, 0.25) is 0 Å². The van der Waals surface area contributed by atoms with Gasteiger partial charge in [0.15, 0.2) is 11.9 Å². The van der Waals surface area contributed by atoms with E-state index >= 15 is 0 Å². The number of carbonyl (C=O) groups excluding carboxylic acids is 1. The zero-order valence-corrected chi connectivity index (χ0v) is 12.1. The highest BCUT2D eigenvalue weighted by Crippen LogP contribution is 2.24. The third-order valence-corrected chi connectivity index (χ3v) is 3.39. The van der Waals surface area contributed by atoms with Crippen LogP contribution < -0.4 is 11.1 Å². The minimum absolute atomic E-state index is 0.00686. The maximum Gasteiger partial charge on any atom is 0.255 e. The Balaban J connectivity index is 2.07. The second-order valence-corrected chi connectivity index (χ2v) is 4.96. The minimum atomic E-state index is -0.612. The van der Waals surface area contributed by atoms with Crippen LogP contribution in [0, 0.1) is 0 Å². The number of oxime groups is 1. The van der Waals surface area contributed by atoms with Crippen molar-refractivity contribution >= 4 is 33.4 Å². The summed E-state index contributed by atoms with van der Waals surface area (Å²) < 4.78 is 11.1. The summed E-state index contributed by atoms with van der Waals surface area (Å²) in [7, 11) is 0. The summed E-state index contributed by atoms with van der Waals surface area (Å²) in [6.45, 7) is 1.15. The van der Waals surface area contributed by atoms with Crippen LogP contribution in [0.5, 0.6) is 0 Å². The van der Waals surface area contributed by atoms with Crippen LogP contribution in [-0.2, 0) is 14.3 Å². The van der Waals surface area contributed by atoms with Gasteiger partial charge < -0.3 is 25.7 Å². The lowest BCUT2D eigenvalue weighted by atomic mass is 10.2. The Hall–Kier alpha value is -1.64. The van der Waals surface area contributed by atoms with Gasteiger partial charge in [-0.1, -0.05) is 5.16 Å². The maximum absolute atomic E-state index is 12.0. The van der Waals surface area contributed by atoms with Gasteiger partial charge in [0.05, 0.1) is 25.5 Å². The Bertz CT molecular complexity index is 529. The molecule has 1 aliphatic heterocycles. The van der Waals surface area contributed by atoms with Crippen LogP contribution in [-0.4, -0.2) is 42.9 Å². The predicted molar refractivity (Wildman–Crippen MR) is 75.8 cm³/mol. The lowest BCUT2D eigenvalue weighted by Crippen LogP contribution is -2.39. The van der Waals surface area contributed by atoms with E-state index in [0.29, 0.717) is 28.9 Å². The first-order valence-corrected chi connectivity index (χ1v) is 6.69. The molecule has 1 aromatic rings. The number of nitrogens with one attached hydrogen (secondary N) is 1.